The van der Waals surface area contributed by atoms with Crippen molar-refractivity contribution < 1.29 is 17.9 Å². The Labute approximate surface area is 180 Å². The first-order chi connectivity index (χ1) is 14.3. The smallest absolute Gasteiger partial charge is 0.265 e. The minimum Gasteiger partial charge on any atom is -0.479 e. The molecular weight excluding hydrogens is 424 g/mol. The van der Waals surface area contributed by atoms with Gasteiger partial charge in [0, 0.05) is 5.69 Å². The molecule has 2 N–H and O–H groups in total. The van der Waals surface area contributed by atoms with Gasteiger partial charge in [-0.2, -0.15) is 0 Å². The summed E-state index contributed by atoms with van der Waals surface area (Å²) < 4.78 is 33.4. The fourth-order valence-electron chi connectivity index (χ4n) is 2.64. The lowest BCUT2D eigenvalue weighted by Crippen LogP contribution is -2.30. The van der Waals surface area contributed by atoms with E-state index in [0.717, 1.165) is 5.56 Å². The minimum atomic E-state index is -3.74. The molecule has 0 heterocycles. The molecule has 3 aromatic rings. The van der Waals surface area contributed by atoms with Gasteiger partial charge in [-0.25, -0.2) is 8.42 Å². The van der Waals surface area contributed by atoms with Crippen molar-refractivity contribution in [2.24, 2.45) is 0 Å². The van der Waals surface area contributed by atoms with Crippen LogP contribution in [0.2, 0.25) is 5.02 Å². The molecule has 3 aromatic carbocycles. The number of halogens is 1. The zero-order valence-electron chi connectivity index (χ0n) is 16.4. The summed E-state index contributed by atoms with van der Waals surface area (Å²) in [6.45, 7) is 3.42. The quantitative estimate of drug-likeness (QED) is 0.545. The van der Waals surface area contributed by atoms with E-state index < -0.39 is 16.1 Å². The summed E-state index contributed by atoms with van der Waals surface area (Å²) in [6, 6.07) is 19.9. The van der Waals surface area contributed by atoms with Gasteiger partial charge < -0.3 is 10.1 Å². The van der Waals surface area contributed by atoms with Gasteiger partial charge in [-0.15, -0.1) is 0 Å². The number of rotatable bonds is 7. The summed E-state index contributed by atoms with van der Waals surface area (Å²) in [6.07, 6.45) is -0.795. The monoisotopic (exact) mass is 444 g/mol. The molecule has 0 aliphatic heterocycles. The van der Waals surface area contributed by atoms with Gasteiger partial charge >= 0.3 is 0 Å². The Morgan fingerprint density at radius 1 is 0.967 bits per heavy atom. The number of benzene rings is 3. The van der Waals surface area contributed by atoms with Crippen molar-refractivity contribution in [2.45, 2.75) is 24.8 Å². The number of para-hydroxylation sites is 2. The standard InChI is InChI=1S/C22H21ClN2O4S/c1-15-7-3-5-9-20(15)25-30(27,28)18-13-11-17(12-14-18)24-22(26)16(2)29-21-10-6-4-8-19(21)23/h3-14,16,25H,1-2H3,(H,24,26)/t16-/m0/s1. The fourth-order valence-corrected chi connectivity index (χ4v) is 3.95. The number of amides is 1. The van der Waals surface area contributed by atoms with Crippen molar-refractivity contribution in [3.63, 3.8) is 0 Å². The zero-order chi connectivity index (χ0) is 21.7. The summed E-state index contributed by atoms with van der Waals surface area (Å²) in [7, 11) is -3.74. The average Bonchev–Trinajstić information content (AvgIpc) is 2.71. The van der Waals surface area contributed by atoms with E-state index in [9.17, 15) is 13.2 Å². The van der Waals surface area contributed by atoms with Gasteiger partial charge in [0.1, 0.15) is 5.75 Å². The summed E-state index contributed by atoms with van der Waals surface area (Å²) in [5, 5.41) is 3.11. The number of ether oxygens (including phenoxy) is 1. The molecule has 0 saturated heterocycles. The molecule has 30 heavy (non-hydrogen) atoms. The van der Waals surface area contributed by atoms with Crippen LogP contribution in [-0.2, 0) is 14.8 Å². The van der Waals surface area contributed by atoms with Gasteiger partial charge in [-0.1, -0.05) is 41.9 Å². The lowest BCUT2D eigenvalue weighted by Gasteiger charge is -2.16. The van der Waals surface area contributed by atoms with E-state index in [2.05, 4.69) is 10.0 Å². The Morgan fingerprint density at radius 3 is 2.27 bits per heavy atom. The third-order valence-electron chi connectivity index (χ3n) is 4.33. The molecule has 0 bridgehead atoms. The second-order valence-corrected chi connectivity index (χ2v) is 8.71. The number of nitrogens with one attached hydrogen (secondary N) is 2. The third-order valence-corrected chi connectivity index (χ3v) is 6.02. The van der Waals surface area contributed by atoms with Crippen LogP contribution in [0.3, 0.4) is 0 Å². The normalized spacial score (nSPS) is 12.1. The molecule has 0 aromatic heterocycles. The van der Waals surface area contributed by atoms with Gasteiger partial charge in [-0.05, 0) is 61.9 Å². The van der Waals surface area contributed by atoms with Crippen LogP contribution in [0.25, 0.3) is 0 Å². The predicted molar refractivity (Wildman–Crippen MR) is 119 cm³/mol. The zero-order valence-corrected chi connectivity index (χ0v) is 18.0. The number of sulfonamides is 1. The van der Waals surface area contributed by atoms with E-state index >= 15 is 0 Å². The summed E-state index contributed by atoms with van der Waals surface area (Å²) in [4.78, 5) is 12.5. The van der Waals surface area contributed by atoms with Crippen LogP contribution in [0, 0.1) is 6.92 Å². The maximum atomic E-state index is 12.6. The van der Waals surface area contributed by atoms with Crippen molar-refractivity contribution in [1.29, 1.82) is 0 Å². The lowest BCUT2D eigenvalue weighted by molar-refractivity contribution is -0.122. The van der Waals surface area contributed by atoms with Crippen LogP contribution in [0.15, 0.2) is 77.7 Å². The molecule has 0 spiro atoms. The first kappa shape index (κ1) is 21.7. The van der Waals surface area contributed by atoms with Crippen LogP contribution in [0.5, 0.6) is 5.75 Å². The van der Waals surface area contributed by atoms with E-state index in [4.69, 9.17) is 16.3 Å². The van der Waals surface area contributed by atoms with E-state index in [1.165, 1.54) is 24.3 Å². The third kappa shape index (κ3) is 5.31. The first-order valence-electron chi connectivity index (χ1n) is 9.17. The van der Waals surface area contributed by atoms with Crippen LogP contribution < -0.4 is 14.8 Å². The highest BCUT2D eigenvalue weighted by molar-refractivity contribution is 7.92. The average molecular weight is 445 g/mol. The maximum Gasteiger partial charge on any atom is 0.265 e. The molecule has 8 heteroatoms. The Kier molecular flexibility index (Phi) is 6.64. The van der Waals surface area contributed by atoms with Gasteiger partial charge in [0.15, 0.2) is 6.10 Å². The number of hydrogen-bond donors (Lipinski definition) is 2. The Hall–Kier alpha value is -3.03. The van der Waals surface area contributed by atoms with Crippen molar-refractivity contribution in [2.75, 3.05) is 10.0 Å². The van der Waals surface area contributed by atoms with E-state index in [1.807, 2.05) is 19.1 Å². The van der Waals surface area contributed by atoms with Crippen LogP contribution in [0.4, 0.5) is 11.4 Å². The number of carbonyl (C=O) groups is 1. The molecule has 3 rings (SSSR count). The Morgan fingerprint density at radius 2 is 1.60 bits per heavy atom. The number of aryl methyl sites for hydroxylation is 1. The first-order valence-corrected chi connectivity index (χ1v) is 11.0. The minimum absolute atomic E-state index is 0.0871. The number of carbonyl (C=O) groups excluding carboxylic acids is 1. The van der Waals surface area contributed by atoms with Crippen molar-refractivity contribution in [3.05, 3.63) is 83.4 Å². The summed E-state index contributed by atoms with van der Waals surface area (Å²) >= 11 is 6.04. The molecule has 0 aliphatic rings. The summed E-state index contributed by atoms with van der Waals surface area (Å²) in [5.74, 6) is 0.0223. The fraction of sp³-hybridized carbons (Fsp3) is 0.136. The molecule has 1 atom stereocenters. The molecular formula is C22H21ClN2O4S. The van der Waals surface area contributed by atoms with Gasteiger partial charge in [0.25, 0.3) is 15.9 Å². The number of anilines is 2. The molecule has 0 radical (unpaired) electrons. The van der Waals surface area contributed by atoms with E-state index in [-0.39, 0.29) is 10.8 Å². The van der Waals surface area contributed by atoms with Gasteiger partial charge in [0.05, 0.1) is 15.6 Å². The van der Waals surface area contributed by atoms with Gasteiger partial charge in [-0.3, -0.25) is 9.52 Å². The highest BCUT2D eigenvalue weighted by Gasteiger charge is 2.18. The van der Waals surface area contributed by atoms with Crippen LogP contribution in [0.1, 0.15) is 12.5 Å². The number of hydrogen-bond acceptors (Lipinski definition) is 4. The lowest BCUT2D eigenvalue weighted by atomic mass is 10.2. The molecule has 0 saturated carbocycles. The van der Waals surface area contributed by atoms with Crippen molar-refractivity contribution in [1.82, 2.24) is 0 Å². The van der Waals surface area contributed by atoms with Crippen molar-refractivity contribution >= 4 is 38.9 Å². The predicted octanol–water partition coefficient (Wildman–Crippen LogP) is 4.86. The van der Waals surface area contributed by atoms with E-state index in [0.29, 0.717) is 22.1 Å². The van der Waals surface area contributed by atoms with Crippen LogP contribution >= 0.6 is 11.6 Å². The second-order valence-electron chi connectivity index (χ2n) is 6.62. The molecule has 1 amide bonds. The van der Waals surface area contributed by atoms with Crippen LogP contribution in [-0.4, -0.2) is 20.4 Å². The Bertz CT molecular complexity index is 1150. The second kappa shape index (κ2) is 9.19. The largest absolute Gasteiger partial charge is 0.479 e. The molecule has 0 aliphatic carbocycles. The van der Waals surface area contributed by atoms with Gasteiger partial charge in [0.2, 0.25) is 0 Å². The molecule has 0 unspecified atom stereocenters. The SMILES string of the molecule is Cc1ccccc1NS(=O)(=O)c1ccc(NC(=O)[C@H](C)Oc2ccccc2Cl)cc1. The van der Waals surface area contributed by atoms with Crippen molar-refractivity contribution in [3.8, 4) is 5.75 Å². The molecule has 0 fully saturated rings. The topological polar surface area (TPSA) is 84.5 Å². The molecule has 156 valence electrons. The molecule has 6 nitrogen and oxygen atoms in total. The Balaban J connectivity index is 1.66. The van der Waals surface area contributed by atoms with E-state index in [1.54, 1.807) is 43.3 Å². The highest BCUT2D eigenvalue weighted by Crippen LogP contribution is 2.25. The highest BCUT2D eigenvalue weighted by atomic mass is 35.5. The summed E-state index contributed by atoms with van der Waals surface area (Å²) in [5.41, 5.74) is 1.78. The maximum absolute atomic E-state index is 12.6.